The van der Waals surface area contributed by atoms with Crippen LogP contribution in [0.25, 0.3) is 111 Å². The van der Waals surface area contributed by atoms with Crippen LogP contribution in [0, 0.1) is 0 Å². The summed E-state index contributed by atoms with van der Waals surface area (Å²) in [6.45, 7) is 0. The van der Waals surface area contributed by atoms with E-state index >= 15 is 0 Å². The molecule has 11 rings (SSSR count). The molecule has 0 atom stereocenters. The van der Waals surface area contributed by atoms with Gasteiger partial charge in [-0.15, -0.1) is 0 Å². The maximum Gasteiger partial charge on any atom is 0.160 e. The monoisotopic (exact) mass is 701 g/mol. The van der Waals surface area contributed by atoms with Crippen molar-refractivity contribution in [3.05, 3.63) is 188 Å². The number of pyridine rings is 1. The van der Waals surface area contributed by atoms with Gasteiger partial charge in [-0.05, 0) is 63.0 Å². The third kappa shape index (κ3) is 5.26. The fourth-order valence-electron chi connectivity index (χ4n) is 7.99. The lowest BCUT2D eigenvalue weighted by Crippen LogP contribution is -1.96. The van der Waals surface area contributed by atoms with Gasteiger partial charge in [-0.2, -0.15) is 0 Å². The van der Waals surface area contributed by atoms with Gasteiger partial charge in [0.05, 0.1) is 28.0 Å². The van der Waals surface area contributed by atoms with Crippen LogP contribution in [-0.4, -0.2) is 15.0 Å². The Labute approximate surface area is 317 Å². The van der Waals surface area contributed by atoms with Crippen molar-refractivity contribution in [3.8, 4) is 56.3 Å². The van der Waals surface area contributed by atoms with E-state index in [1.807, 2.05) is 54.6 Å². The highest BCUT2D eigenvalue weighted by Gasteiger charge is 2.18. The number of furan rings is 1. The number of nitrogens with zero attached hydrogens (tertiary/aromatic N) is 3. The fourth-order valence-corrected chi connectivity index (χ4v) is 7.99. The molecule has 0 fully saturated rings. The van der Waals surface area contributed by atoms with Crippen LogP contribution in [0.1, 0.15) is 0 Å². The Hall–Kier alpha value is -7.43. The molecule has 4 nitrogen and oxygen atoms in total. The highest BCUT2D eigenvalue weighted by atomic mass is 16.3. The number of aromatic nitrogens is 3. The summed E-state index contributed by atoms with van der Waals surface area (Å²) in [5.74, 6) is 0.665. The minimum atomic E-state index is 0.665. The predicted molar refractivity (Wildman–Crippen MR) is 227 cm³/mol. The third-order valence-electron chi connectivity index (χ3n) is 10.7. The van der Waals surface area contributed by atoms with Gasteiger partial charge in [-0.25, -0.2) is 15.0 Å². The van der Waals surface area contributed by atoms with Crippen LogP contribution in [0.4, 0.5) is 0 Å². The highest BCUT2D eigenvalue weighted by Crippen LogP contribution is 2.40. The Morgan fingerprint density at radius 3 is 1.71 bits per heavy atom. The Kier molecular flexibility index (Phi) is 7.14. The van der Waals surface area contributed by atoms with E-state index in [0.29, 0.717) is 5.82 Å². The van der Waals surface area contributed by atoms with Gasteiger partial charge in [0.25, 0.3) is 0 Å². The van der Waals surface area contributed by atoms with E-state index in [1.165, 1.54) is 32.7 Å². The number of para-hydroxylation sites is 2. The van der Waals surface area contributed by atoms with Gasteiger partial charge in [0, 0.05) is 33.0 Å². The molecule has 0 unspecified atom stereocenters. The highest BCUT2D eigenvalue weighted by molar-refractivity contribution is 6.19. The maximum absolute atomic E-state index is 6.44. The normalized spacial score (nSPS) is 11.6. The number of fused-ring (bicyclic) bond motifs is 8. The molecule has 8 aromatic carbocycles. The summed E-state index contributed by atoms with van der Waals surface area (Å²) in [7, 11) is 0. The summed E-state index contributed by atoms with van der Waals surface area (Å²) in [4.78, 5) is 15.5. The molecule has 0 saturated heterocycles. The minimum absolute atomic E-state index is 0.665. The van der Waals surface area contributed by atoms with Crippen LogP contribution in [0.2, 0.25) is 0 Å². The van der Waals surface area contributed by atoms with E-state index in [-0.39, 0.29) is 0 Å². The molecule has 3 aromatic heterocycles. The van der Waals surface area contributed by atoms with Gasteiger partial charge in [0.1, 0.15) is 11.2 Å². The number of hydrogen-bond acceptors (Lipinski definition) is 4. The molecule has 55 heavy (non-hydrogen) atoms. The first-order valence-corrected chi connectivity index (χ1v) is 18.5. The van der Waals surface area contributed by atoms with Crippen LogP contribution in [0.5, 0.6) is 0 Å². The van der Waals surface area contributed by atoms with Crippen molar-refractivity contribution in [2.75, 3.05) is 0 Å². The van der Waals surface area contributed by atoms with E-state index in [0.717, 1.165) is 72.2 Å². The number of hydrogen-bond donors (Lipinski definition) is 0. The Morgan fingerprint density at radius 2 is 0.927 bits per heavy atom. The largest absolute Gasteiger partial charge is 0.455 e. The second-order valence-electron chi connectivity index (χ2n) is 14.0. The van der Waals surface area contributed by atoms with E-state index in [1.54, 1.807) is 0 Å². The van der Waals surface area contributed by atoms with Gasteiger partial charge < -0.3 is 4.42 Å². The first-order valence-electron chi connectivity index (χ1n) is 18.5. The number of rotatable bonds is 5. The molecule has 0 spiro atoms. The van der Waals surface area contributed by atoms with Crippen molar-refractivity contribution in [3.63, 3.8) is 0 Å². The second kappa shape index (κ2) is 12.6. The third-order valence-corrected chi connectivity index (χ3v) is 10.7. The van der Waals surface area contributed by atoms with Crippen molar-refractivity contribution in [2.24, 2.45) is 0 Å². The first-order chi connectivity index (χ1) is 27.2. The average Bonchev–Trinajstić information content (AvgIpc) is 3.66. The fraction of sp³-hybridized carbons (Fsp3) is 0. The molecule has 0 aliphatic carbocycles. The second-order valence-corrected chi connectivity index (χ2v) is 14.0. The molecule has 0 saturated carbocycles. The summed E-state index contributed by atoms with van der Waals surface area (Å²) in [5, 5.41) is 8.09. The van der Waals surface area contributed by atoms with Gasteiger partial charge in [-0.3, -0.25) is 0 Å². The Morgan fingerprint density at radius 1 is 0.364 bits per heavy atom. The Bertz CT molecular complexity index is 3240. The molecule has 3 heterocycles. The SMILES string of the molecule is c1ccc(-c2cc(-c3ccc(-c4cc5ccccc5c5ccccc45)cc3)nc(-c3ccc(-c4nc5ccccc5c5oc6ccccc6c45)cc3)n2)cc1. The van der Waals surface area contributed by atoms with Gasteiger partial charge >= 0.3 is 0 Å². The average molecular weight is 702 g/mol. The molecule has 0 bridgehead atoms. The van der Waals surface area contributed by atoms with Crippen LogP contribution in [0.3, 0.4) is 0 Å². The molecule has 0 N–H and O–H groups in total. The van der Waals surface area contributed by atoms with E-state index in [4.69, 9.17) is 19.4 Å². The molecular formula is C51H31N3O. The molecule has 0 radical (unpaired) electrons. The summed E-state index contributed by atoms with van der Waals surface area (Å²) < 4.78 is 6.44. The van der Waals surface area contributed by atoms with Crippen LogP contribution in [0.15, 0.2) is 192 Å². The van der Waals surface area contributed by atoms with Crippen LogP contribution < -0.4 is 0 Å². The van der Waals surface area contributed by atoms with Gasteiger partial charge in [0.15, 0.2) is 5.82 Å². The van der Waals surface area contributed by atoms with Crippen LogP contribution in [-0.2, 0) is 0 Å². The molecule has 0 amide bonds. The summed E-state index contributed by atoms with van der Waals surface area (Å²) >= 11 is 0. The smallest absolute Gasteiger partial charge is 0.160 e. The lowest BCUT2D eigenvalue weighted by atomic mass is 9.93. The molecule has 256 valence electrons. The van der Waals surface area contributed by atoms with Crippen molar-refractivity contribution in [1.29, 1.82) is 0 Å². The number of benzene rings is 8. The zero-order valence-corrected chi connectivity index (χ0v) is 29.6. The minimum Gasteiger partial charge on any atom is -0.455 e. The molecular weight excluding hydrogens is 671 g/mol. The standard InChI is InChI=1S/C51H31N3O/c1-2-12-33(13-3-1)45-31-46(34-24-22-32(23-25-34)43-30-37-14-4-5-15-38(37)39-16-6-7-17-40(39)43)54-51(53-45)36-28-26-35(27-29-36)49-48-42-19-9-11-21-47(42)55-50(48)41-18-8-10-20-44(41)52-49/h1-31H. The zero-order valence-electron chi connectivity index (χ0n) is 29.6. The molecule has 11 aromatic rings. The molecule has 0 aliphatic heterocycles. The first kappa shape index (κ1) is 31.1. The van der Waals surface area contributed by atoms with E-state index < -0.39 is 0 Å². The maximum atomic E-state index is 6.44. The van der Waals surface area contributed by atoms with Crippen LogP contribution >= 0.6 is 0 Å². The van der Waals surface area contributed by atoms with Crippen molar-refractivity contribution in [2.45, 2.75) is 0 Å². The van der Waals surface area contributed by atoms with E-state index in [9.17, 15) is 0 Å². The summed E-state index contributed by atoms with van der Waals surface area (Å²) in [5.41, 5.74) is 11.6. The van der Waals surface area contributed by atoms with Crippen molar-refractivity contribution >= 4 is 54.4 Å². The molecule has 0 aliphatic rings. The summed E-state index contributed by atoms with van der Waals surface area (Å²) in [6, 6.07) is 65.6. The van der Waals surface area contributed by atoms with E-state index in [2.05, 4.69) is 133 Å². The lowest BCUT2D eigenvalue weighted by molar-refractivity contribution is 0.672. The van der Waals surface area contributed by atoms with Crippen molar-refractivity contribution < 1.29 is 4.42 Å². The summed E-state index contributed by atoms with van der Waals surface area (Å²) in [6.07, 6.45) is 0. The topological polar surface area (TPSA) is 51.8 Å². The van der Waals surface area contributed by atoms with Crippen molar-refractivity contribution in [1.82, 2.24) is 15.0 Å². The quantitative estimate of drug-likeness (QED) is 0.168. The Balaban J connectivity index is 1.01. The zero-order chi connectivity index (χ0) is 36.3. The van der Waals surface area contributed by atoms with Gasteiger partial charge in [-0.1, -0.05) is 158 Å². The van der Waals surface area contributed by atoms with Gasteiger partial charge in [0.2, 0.25) is 0 Å². The lowest BCUT2D eigenvalue weighted by Gasteiger charge is -2.13. The predicted octanol–water partition coefficient (Wildman–Crippen LogP) is 13.6. The molecule has 4 heteroatoms.